The summed E-state index contributed by atoms with van der Waals surface area (Å²) < 4.78 is 5.45. The van der Waals surface area contributed by atoms with E-state index in [1.54, 1.807) is 18.2 Å². The second-order valence-electron chi connectivity index (χ2n) is 6.31. The second kappa shape index (κ2) is 8.36. The lowest BCUT2D eigenvalue weighted by Gasteiger charge is -2.35. The molecule has 136 valence electrons. The van der Waals surface area contributed by atoms with Gasteiger partial charge in [0.05, 0.1) is 6.54 Å². The highest BCUT2D eigenvalue weighted by Gasteiger charge is 2.30. The Morgan fingerprint density at radius 1 is 1.12 bits per heavy atom. The fraction of sp³-hybridized carbons (Fsp3) is 0.529. The number of amides is 2. The van der Waals surface area contributed by atoms with Gasteiger partial charge in [-0.1, -0.05) is 23.2 Å². The number of anilines is 1. The van der Waals surface area contributed by atoms with E-state index in [4.69, 9.17) is 27.9 Å². The SMILES string of the molecule is O=C(CN1CCN(C(=O)[C@@H]2CCCO2)CC1)Nc1cc(Cl)cc(Cl)c1. The zero-order chi connectivity index (χ0) is 17.8. The maximum absolute atomic E-state index is 12.3. The number of carbonyl (C=O) groups excluding carboxylic acids is 2. The average molecular weight is 386 g/mol. The van der Waals surface area contributed by atoms with Crippen LogP contribution < -0.4 is 5.32 Å². The Morgan fingerprint density at radius 2 is 1.80 bits per heavy atom. The molecule has 8 heteroatoms. The van der Waals surface area contributed by atoms with Crippen LogP contribution >= 0.6 is 23.2 Å². The summed E-state index contributed by atoms with van der Waals surface area (Å²) in [5.74, 6) is -0.0487. The van der Waals surface area contributed by atoms with Crippen LogP contribution in [0.5, 0.6) is 0 Å². The molecule has 0 spiro atoms. The lowest BCUT2D eigenvalue weighted by molar-refractivity contribution is -0.142. The van der Waals surface area contributed by atoms with E-state index in [2.05, 4.69) is 5.32 Å². The van der Waals surface area contributed by atoms with Crippen molar-refractivity contribution in [1.82, 2.24) is 9.80 Å². The zero-order valence-electron chi connectivity index (χ0n) is 13.8. The fourth-order valence-electron chi connectivity index (χ4n) is 3.13. The minimum Gasteiger partial charge on any atom is -0.368 e. The summed E-state index contributed by atoms with van der Waals surface area (Å²) in [7, 11) is 0. The number of piperazine rings is 1. The second-order valence-corrected chi connectivity index (χ2v) is 7.18. The normalized spacial score (nSPS) is 21.4. The molecule has 0 aliphatic carbocycles. The van der Waals surface area contributed by atoms with Gasteiger partial charge in [0, 0.05) is 48.5 Å². The molecule has 0 unspecified atom stereocenters. The Balaban J connectivity index is 1.45. The van der Waals surface area contributed by atoms with Crippen molar-refractivity contribution in [3.05, 3.63) is 28.2 Å². The van der Waals surface area contributed by atoms with Crippen LogP contribution in [0, 0.1) is 0 Å². The summed E-state index contributed by atoms with van der Waals surface area (Å²) >= 11 is 11.9. The summed E-state index contributed by atoms with van der Waals surface area (Å²) in [4.78, 5) is 28.4. The van der Waals surface area contributed by atoms with E-state index in [1.165, 1.54) is 0 Å². The molecule has 1 N–H and O–H groups in total. The van der Waals surface area contributed by atoms with Crippen molar-refractivity contribution in [2.24, 2.45) is 0 Å². The van der Waals surface area contributed by atoms with E-state index in [1.807, 2.05) is 9.80 Å². The van der Waals surface area contributed by atoms with Gasteiger partial charge in [0.15, 0.2) is 0 Å². The first-order chi connectivity index (χ1) is 12.0. The molecular weight excluding hydrogens is 365 g/mol. The lowest BCUT2D eigenvalue weighted by Crippen LogP contribution is -2.52. The van der Waals surface area contributed by atoms with E-state index in [-0.39, 0.29) is 24.5 Å². The van der Waals surface area contributed by atoms with Crippen LogP contribution in [-0.4, -0.2) is 67.0 Å². The molecule has 0 saturated carbocycles. The molecule has 2 aliphatic heterocycles. The summed E-state index contributed by atoms with van der Waals surface area (Å²) in [5.41, 5.74) is 0.578. The third kappa shape index (κ3) is 5.07. The van der Waals surface area contributed by atoms with Gasteiger partial charge in [0.1, 0.15) is 6.10 Å². The molecule has 2 amide bonds. The lowest BCUT2D eigenvalue weighted by atomic mass is 10.2. The molecule has 2 fully saturated rings. The van der Waals surface area contributed by atoms with Gasteiger partial charge in [0.25, 0.3) is 5.91 Å². The number of carbonyl (C=O) groups is 2. The van der Waals surface area contributed by atoms with Crippen LogP contribution in [0.3, 0.4) is 0 Å². The Hall–Kier alpha value is -1.34. The molecule has 3 rings (SSSR count). The summed E-state index contributed by atoms with van der Waals surface area (Å²) in [6.07, 6.45) is 1.48. The molecule has 0 aromatic heterocycles. The number of hydrogen-bond donors (Lipinski definition) is 1. The maximum Gasteiger partial charge on any atom is 0.251 e. The summed E-state index contributed by atoms with van der Waals surface area (Å²) in [5, 5.41) is 3.75. The highest BCUT2D eigenvalue weighted by molar-refractivity contribution is 6.35. The van der Waals surface area contributed by atoms with Gasteiger partial charge < -0.3 is 15.0 Å². The molecule has 6 nitrogen and oxygen atoms in total. The molecule has 0 bridgehead atoms. The van der Waals surface area contributed by atoms with Crippen LogP contribution in [0.4, 0.5) is 5.69 Å². The smallest absolute Gasteiger partial charge is 0.251 e. The van der Waals surface area contributed by atoms with Crippen LogP contribution in [0.25, 0.3) is 0 Å². The Kier molecular flexibility index (Phi) is 6.17. The predicted octanol–water partition coefficient (Wildman–Crippen LogP) is 2.26. The highest BCUT2D eigenvalue weighted by atomic mass is 35.5. The van der Waals surface area contributed by atoms with E-state index in [0.29, 0.717) is 48.5 Å². The largest absolute Gasteiger partial charge is 0.368 e. The van der Waals surface area contributed by atoms with Crippen molar-refractivity contribution >= 4 is 40.7 Å². The third-order valence-corrected chi connectivity index (χ3v) is 4.84. The van der Waals surface area contributed by atoms with Crippen molar-refractivity contribution < 1.29 is 14.3 Å². The number of halogens is 2. The first kappa shape index (κ1) is 18.5. The van der Waals surface area contributed by atoms with Crippen LogP contribution in [0.15, 0.2) is 18.2 Å². The highest BCUT2D eigenvalue weighted by Crippen LogP contribution is 2.22. The molecule has 2 aliphatic rings. The van der Waals surface area contributed by atoms with Crippen molar-refractivity contribution in [3.63, 3.8) is 0 Å². The third-order valence-electron chi connectivity index (χ3n) is 4.40. The van der Waals surface area contributed by atoms with E-state index >= 15 is 0 Å². The maximum atomic E-state index is 12.3. The van der Waals surface area contributed by atoms with Gasteiger partial charge in [-0.15, -0.1) is 0 Å². The van der Waals surface area contributed by atoms with Gasteiger partial charge in [-0.05, 0) is 31.0 Å². The zero-order valence-corrected chi connectivity index (χ0v) is 15.4. The quantitative estimate of drug-likeness (QED) is 0.863. The number of nitrogens with zero attached hydrogens (tertiary/aromatic N) is 2. The molecule has 0 radical (unpaired) electrons. The molecule has 1 aromatic rings. The van der Waals surface area contributed by atoms with E-state index < -0.39 is 0 Å². The average Bonchev–Trinajstić information content (AvgIpc) is 3.08. The van der Waals surface area contributed by atoms with Gasteiger partial charge in [-0.3, -0.25) is 14.5 Å². The summed E-state index contributed by atoms with van der Waals surface area (Å²) in [6.45, 7) is 3.52. The van der Waals surface area contributed by atoms with Gasteiger partial charge in [-0.25, -0.2) is 0 Å². The van der Waals surface area contributed by atoms with Crippen LogP contribution in [0.1, 0.15) is 12.8 Å². The van der Waals surface area contributed by atoms with Gasteiger partial charge in [-0.2, -0.15) is 0 Å². The number of nitrogens with one attached hydrogen (secondary N) is 1. The molecule has 25 heavy (non-hydrogen) atoms. The number of ether oxygens (including phenoxy) is 1. The Bertz CT molecular complexity index is 622. The fourth-order valence-corrected chi connectivity index (χ4v) is 3.66. The molecule has 1 aromatic carbocycles. The number of rotatable bonds is 4. The molecule has 2 heterocycles. The number of benzene rings is 1. The van der Waals surface area contributed by atoms with Gasteiger partial charge >= 0.3 is 0 Å². The Morgan fingerprint density at radius 3 is 2.40 bits per heavy atom. The van der Waals surface area contributed by atoms with Crippen LogP contribution in [0.2, 0.25) is 10.0 Å². The molecule has 2 saturated heterocycles. The first-order valence-corrected chi connectivity index (χ1v) is 9.15. The van der Waals surface area contributed by atoms with Crippen molar-refractivity contribution in [2.75, 3.05) is 44.6 Å². The van der Waals surface area contributed by atoms with Crippen molar-refractivity contribution in [2.45, 2.75) is 18.9 Å². The van der Waals surface area contributed by atoms with E-state index in [0.717, 1.165) is 12.8 Å². The minimum atomic E-state index is -0.276. The number of hydrogen-bond acceptors (Lipinski definition) is 4. The summed E-state index contributed by atoms with van der Waals surface area (Å²) in [6, 6.07) is 4.93. The Labute approximate surface area is 157 Å². The standard InChI is InChI=1S/C17H21Cl2N3O3/c18-12-8-13(19)10-14(9-12)20-16(23)11-21-3-5-22(6-4-21)17(24)15-2-1-7-25-15/h8-10,15H,1-7,11H2,(H,20,23)/t15-/m0/s1. The topological polar surface area (TPSA) is 61.9 Å². The van der Waals surface area contributed by atoms with Crippen molar-refractivity contribution in [3.8, 4) is 0 Å². The van der Waals surface area contributed by atoms with Crippen LogP contribution in [-0.2, 0) is 14.3 Å². The van der Waals surface area contributed by atoms with Crippen molar-refractivity contribution in [1.29, 1.82) is 0 Å². The predicted molar refractivity (Wildman–Crippen MR) is 97.1 cm³/mol. The first-order valence-electron chi connectivity index (χ1n) is 8.40. The molecular formula is C17H21Cl2N3O3. The minimum absolute atomic E-state index is 0.0789. The van der Waals surface area contributed by atoms with Gasteiger partial charge in [0.2, 0.25) is 5.91 Å². The molecule has 1 atom stereocenters. The van der Waals surface area contributed by atoms with E-state index in [9.17, 15) is 9.59 Å². The monoisotopic (exact) mass is 385 g/mol.